The number of ether oxygens (including phenoxy) is 1. The number of nitrogens with zero attached hydrogens (tertiary/aromatic N) is 2. The van der Waals surface area contributed by atoms with Crippen LogP contribution in [0.1, 0.15) is 13.3 Å². The maximum atomic E-state index is 13.5. The van der Waals surface area contributed by atoms with Crippen molar-refractivity contribution in [2.75, 3.05) is 40.3 Å². The van der Waals surface area contributed by atoms with Gasteiger partial charge in [-0.3, -0.25) is 9.89 Å². The van der Waals surface area contributed by atoms with E-state index in [1.165, 1.54) is 18.0 Å². The van der Waals surface area contributed by atoms with E-state index in [0.29, 0.717) is 32.0 Å². The van der Waals surface area contributed by atoms with Crippen molar-refractivity contribution in [3.8, 4) is 5.75 Å². The number of guanidine groups is 1. The second-order valence-corrected chi connectivity index (χ2v) is 5.95. The normalized spacial score (nSPS) is 13.6. The fourth-order valence-corrected chi connectivity index (χ4v) is 2.20. The van der Waals surface area contributed by atoms with Gasteiger partial charge in [0.15, 0.2) is 17.5 Å². The summed E-state index contributed by atoms with van der Waals surface area (Å²) in [5.74, 6) is 0.259. The number of rotatable bonds is 9. The average molecular weight is 378 g/mol. The molecule has 0 amide bonds. The summed E-state index contributed by atoms with van der Waals surface area (Å²) in [5.41, 5.74) is 0. The van der Waals surface area contributed by atoms with Gasteiger partial charge in [-0.25, -0.2) is 4.39 Å². The van der Waals surface area contributed by atoms with Crippen LogP contribution in [0.2, 0.25) is 0 Å². The highest BCUT2D eigenvalue weighted by atomic mass is 19.4. The highest BCUT2D eigenvalue weighted by Gasteiger charge is 2.28. The first-order valence-electron chi connectivity index (χ1n) is 8.32. The Kier molecular flexibility index (Phi) is 9.18. The molecule has 5 nitrogen and oxygen atoms in total. The summed E-state index contributed by atoms with van der Waals surface area (Å²) in [4.78, 5) is 5.26. The lowest BCUT2D eigenvalue weighted by Gasteiger charge is -2.20. The molecule has 1 aromatic carbocycles. The minimum Gasteiger partial charge on any atom is -0.486 e. The molecule has 0 aromatic heterocycles. The summed E-state index contributed by atoms with van der Waals surface area (Å²) in [7, 11) is 3.02. The molecular formula is C17H26F4N4O. The maximum absolute atomic E-state index is 13.5. The van der Waals surface area contributed by atoms with Crippen molar-refractivity contribution in [1.29, 1.82) is 0 Å². The number of para-hydroxylation sites is 1. The third-order valence-corrected chi connectivity index (χ3v) is 3.40. The number of nitrogens with one attached hydrogen (secondary N) is 2. The molecule has 0 saturated carbocycles. The SMILES string of the molecule is CN=C(NCCCN(C)CC(F)(F)F)NCC(C)Oc1ccccc1F. The number of hydrogen-bond donors (Lipinski definition) is 2. The Balaban J connectivity index is 2.25. The first-order chi connectivity index (χ1) is 12.2. The minimum absolute atomic E-state index is 0.178. The summed E-state index contributed by atoms with van der Waals surface area (Å²) in [6, 6.07) is 6.15. The van der Waals surface area contributed by atoms with Crippen molar-refractivity contribution < 1.29 is 22.3 Å². The fourth-order valence-electron chi connectivity index (χ4n) is 2.20. The van der Waals surface area contributed by atoms with Gasteiger partial charge >= 0.3 is 6.18 Å². The lowest BCUT2D eigenvalue weighted by Crippen LogP contribution is -2.42. The Bertz CT molecular complexity index is 566. The van der Waals surface area contributed by atoms with Crippen molar-refractivity contribution in [3.63, 3.8) is 0 Å². The van der Waals surface area contributed by atoms with Gasteiger partial charge in [0.1, 0.15) is 6.10 Å². The van der Waals surface area contributed by atoms with Gasteiger partial charge in [0, 0.05) is 13.6 Å². The van der Waals surface area contributed by atoms with Gasteiger partial charge in [-0.15, -0.1) is 0 Å². The van der Waals surface area contributed by atoms with E-state index in [4.69, 9.17) is 4.74 Å². The van der Waals surface area contributed by atoms with Crippen LogP contribution in [0.3, 0.4) is 0 Å². The first kappa shape index (κ1) is 22.0. The molecule has 9 heteroatoms. The van der Waals surface area contributed by atoms with Crippen molar-refractivity contribution >= 4 is 5.96 Å². The van der Waals surface area contributed by atoms with Gasteiger partial charge < -0.3 is 15.4 Å². The molecule has 0 radical (unpaired) electrons. The van der Waals surface area contributed by atoms with E-state index in [-0.39, 0.29) is 11.9 Å². The van der Waals surface area contributed by atoms with Crippen molar-refractivity contribution in [2.45, 2.75) is 25.6 Å². The van der Waals surface area contributed by atoms with Crippen LogP contribution in [0.15, 0.2) is 29.3 Å². The molecule has 0 bridgehead atoms. The largest absolute Gasteiger partial charge is 0.486 e. The molecule has 0 heterocycles. The third kappa shape index (κ3) is 9.45. The van der Waals surface area contributed by atoms with Gasteiger partial charge in [-0.1, -0.05) is 12.1 Å². The molecule has 148 valence electrons. The van der Waals surface area contributed by atoms with Gasteiger partial charge in [0.25, 0.3) is 0 Å². The summed E-state index contributed by atoms with van der Waals surface area (Å²) in [5, 5.41) is 6.05. The monoisotopic (exact) mass is 378 g/mol. The summed E-state index contributed by atoms with van der Waals surface area (Å²) in [6.45, 7) is 2.05. The Labute approximate surface area is 151 Å². The lowest BCUT2D eigenvalue weighted by atomic mass is 10.3. The number of hydrogen-bond acceptors (Lipinski definition) is 3. The van der Waals surface area contributed by atoms with Crippen LogP contribution in [-0.2, 0) is 0 Å². The standard InChI is InChI=1S/C17H26F4N4O/c1-13(26-15-8-5-4-7-14(15)18)11-24-16(22-2)23-9-6-10-25(3)12-17(19,20)21/h4-5,7-8,13H,6,9-12H2,1-3H3,(H2,22,23,24). The Morgan fingerprint density at radius 2 is 1.96 bits per heavy atom. The molecule has 1 unspecified atom stereocenters. The van der Waals surface area contributed by atoms with E-state index in [1.54, 1.807) is 32.2 Å². The molecule has 2 N–H and O–H groups in total. The average Bonchev–Trinajstić information content (AvgIpc) is 2.54. The molecule has 1 rings (SSSR count). The molecular weight excluding hydrogens is 352 g/mol. The Hall–Kier alpha value is -2.03. The zero-order chi connectivity index (χ0) is 19.6. The van der Waals surface area contributed by atoms with Crippen LogP contribution in [0.4, 0.5) is 17.6 Å². The van der Waals surface area contributed by atoms with Gasteiger partial charge in [0.05, 0.1) is 13.1 Å². The van der Waals surface area contributed by atoms with E-state index < -0.39 is 18.5 Å². The smallest absolute Gasteiger partial charge is 0.401 e. The zero-order valence-corrected chi connectivity index (χ0v) is 15.2. The van der Waals surface area contributed by atoms with Crippen LogP contribution in [0, 0.1) is 5.82 Å². The second kappa shape index (κ2) is 10.8. The van der Waals surface area contributed by atoms with E-state index >= 15 is 0 Å². The zero-order valence-electron chi connectivity index (χ0n) is 15.2. The van der Waals surface area contributed by atoms with E-state index in [1.807, 2.05) is 0 Å². The number of halogens is 4. The first-order valence-corrected chi connectivity index (χ1v) is 8.32. The van der Waals surface area contributed by atoms with Gasteiger partial charge in [-0.2, -0.15) is 13.2 Å². The van der Waals surface area contributed by atoms with Gasteiger partial charge in [0.2, 0.25) is 0 Å². The Morgan fingerprint density at radius 1 is 1.27 bits per heavy atom. The molecule has 1 atom stereocenters. The minimum atomic E-state index is -4.19. The van der Waals surface area contributed by atoms with Crippen molar-refractivity contribution in [3.05, 3.63) is 30.1 Å². The summed E-state index contributed by atoms with van der Waals surface area (Å²) in [6.07, 6.45) is -3.95. The van der Waals surface area contributed by atoms with E-state index in [0.717, 1.165) is 0 Å². The predicted molar refractivity (Wildman–Crippen MR) is 94.0 cm³/mol. The number of benzene rings is 1. The maximum Gasteiger partial charge on any atom is 0.401 e. The van der Waals surface area contributed by atoms with Gasteiger partial charge in [-0.05, 0) is 39.1 Å². The molecule has 0 aliphatic rings. The van der Waals surface area contributed by atoms with Crippen LogP contribution in [-0.4, -0.2) is 63.4 Å². The third-order valence-electron chi connectivity index (χ3n) is 3.40. The van der Waals surface area contributed by atoms with Crippen LogP contribution in [0.25, 0.3) is 0 Å². The number of alkyl halides is 3. The fraction of sp³-hybridized carbons (Fsp3) is 0.588. The van der Waals surface area contributed by atoms with Crippen molar-refractivity contribution in [1.82, 2.24) is 15.5 Å². The quantitative estimate of drug-likeness (QED) is 0.300. The molecule has 26 heavy (non-hydrogen) atoms. The van der Waals surface area contributed by atoms with Crippen LogP contribution < -0.4 is 15.4 Å². The molecule has 0 spiro atoms. The number of aliphatic imine (C=N–C) groups is 1. The molecule has 0 aliphatic carbocycles. The highest BCUT2D eigenvalue weighted by molar-refractivity contribution is 5.79. The topological polar surface area (TPSA) is 48.9 Å². The highest BCUT2D eigenvalue weighted by Crippen LogP contribution is 2.17. The molecule has 0 aliphatic heterocycles. The molecule has 1 aromatic rings. The summed E-state index contributed by atoms with van der Waals surface area (Å²) < 4.78 is 55.7. The second-order valence-electron chi connectivity index (χ2n) is 5.95. The predicted octanol–water partition coefficient (Wildman–Crippen LogP) is 2.64. The van der Waals surface area contributed by atoms with Crippen LogP contribution in [0.5, 0.6) is 5.75 Å². The Morgan fingerprint density at radius 3 is 2.58 bits per heavy atom. The summed E-state index contributed by atoms with van der Waals surface area (Å²) >= 11 is 0. The van der Waals surface area contributed by atoms with E-state index in [2.05, 4.69) is 15.6 Å². The lowest BCUT2D eigenvalue weighted by molar-refractivity contribution is -0.143. The molecule has 0 saturated heterocycles. The van der Waals surface area contributed by atoms with E-state index in [9.17, 15) is 17.6 Å². The molecule has 0 fully saturated rings. The van der Waals surface area contributed by atoms with Crippen molar-refractivity contribution in [2.24, 2.45) is 4.99 Å². The van der Waals surface area contributed by atoms with Crippen LogP contribution >= 0.6 is 0 Å².